The van der Waals surface area contributed by atoms with Crippen molar-refractivity contribution >= 4 is 16.8 Å². The first-order valence-electron chi connectivity index (χ1n) is 4.70. The van der Waals surface area contributed by atoms with E-state index in [1.54, 1.807) is 18.3 Å². The van der Waals surface area contributed by atoms with Crippen LogP contribution in [0, 0.1) is 0 Å². The van der Waals surface area contributed by atoms with Crippen LogP contribution in [0.15, 0.2) is 36.5 Å². The topological polar surface area (TPSA) is 71.5 Å². The summed E-state index contributed by atoms with van der Waals surface area (Å²) in [6.07, 6.45) is 1.69. The monoisotopic (exact) mass is 218 g/mol. The van der Waals surface area contributed by atoms with Crippen molar-refractivity contribution in [2.24, 2.45) is 0 Å². The Kier molecular flexibility index (Phi) is 2.98. The maximum Gasteiger partial charge on any atom is 0.281 e. The molecule has 16 heavy (non-hydrogen) atoms. The maximum absolute atomic E-state index is 10.7. The molecule has 0 atom stereocenters. The Bertz CT molecular complexity index is 513. The van der Waals surface area contributed by atoms with E-state index < -0.39 is 5.91 Å². The smallest absolute Gasteiger partial charge is 0.281 e. The summed E-state index contributed by atoms with van der Waals surface area (Å²) in [5.74, 6) is -0.0593. The van der Waals surface area contributed by atoms with Crippen LogP contribution in [0.3, 0.4) is 0 Å². The van der Waals surface area contributed by atoms with Gasteiger partial charge in [-0.2, -0.15) is 0 Å². The van der Waals surface area contributed by atoms with Gasteiger partial charge in [0.05, 0.1) is 5.52 Å². The van der Waals surface area contributed by atoms with Gasteiger partial charge >= 0.3 is 0 Å². The number of nitrogens with one attached hydrogen (secondary N) is 1. The van der Waals surface area contributed by atoms with Crippen LogP contribution in [0.5, 0.6) is 5.75 Å². The van der Waals surface area contributed by atoms with Crippen molar-refractivity contribution in [3.8, 4) is 5.75 Å². The van der Waals surface area contributed by atoms with Crippen LogP contribution in [0.2, 0.25) is 0 Å². The van der Waals surface area contributed by atoms with Gasteiger partial charge in [-0.05, 0) is 18.2 Å². The fourth-order valence-electron chi connectivity index (χ4n) is 1.32. The third-order valence-corrected chi connectivity index (χ3v) is 2.07. The van der Waals surface area contributed by atoms with Gasteiger partial charge in [0, 0.05) is 17.6 Å². The average molecular weight is 218 g/mol. The fourth-order valence-corrected chi connectivity index (χ4v) is 1.32. The summed E-state index contributed by atoms with van der Waals surface area (Å²) >= 11 is 0. The zero-order chi connectivity index (χ0) is 11.4. The Morgan fingerprint density at radius 2 is 2.31 bits per heavy atom. The third kappa shape index (κ3) is 2.26. The Balaban J connectivity index is 2.16. The SMILES string of the molecule is O=C(COc1ccc2cccnc2c1)NO. The molecule has 0 radical (unpaired) electrons. The number of carbonyl (C=O) groups excluding carboxylic acids is 1. The van der Waals surface area contributed by atoms with Crippen molar-refractivity contribution in [1.29, 1.82) is 0 Å². The summed E-state index contributed by atoms with van der Waals surface area (Å²) < 4.78 is 5.15. The second-order valence-corrected chi connectivity index (χ2v) is 3.18. The molecule has 5 nitrogen and oxygen atoms in total. The minimum atomic E-state index is -0.596. The van der Waals surface area contributed by atoms with Crippen LogP contribution < -0.4 is 10.2 Å². The molecule has 2 aromatic rings. The average Bonchev–Trinajstić information content (AvgIpc) is 2.35. The lowest BCUT2D eigenvalue weighted by Gasteiger charge is -2.05. The van der Waals surface area contributed by atoms with Gasteiger partial charge in [0.2, 0.25) is 0 Å². The molecule has 0 aliphatic rings. The van der Waals surface area contributed by atoms with Crippen molar-refractivity contribution in [3.63, 3.8) is 0 Å². The molecule has 2 N–H and O–H groups in total. The number of ether oxygens (including phenoxy) is 1. The molecule has 0 aliphatic carbocycles. The summed E-state index contributed by atoms with van der Waals surface area (Å²) in [6.45, 7) is -0.227. The number of carbonyl (C=O) groups is 1. The molecule has 0 saturated heterocycles. The third-order valence-electron chi connectivity index (χ3n) is 2.07. The fraction of sp³-hybridized carbons (Fsp3) is 0.0909. The molecule has 82 valence electrons. The van der Waals surface area contributed by atoms with E-state index in [4.69, 9.17) is 9.94 Å². The van der Waals surface area contributed by atoms with Crippen molar-refractivity contribution in [3.05, 3.63) is 36.5 Å². The largest absolute Gasteiger partial charge is 0.484 e. The van der Waals surface area contributed by atoms with Gasteiger partial charge in [-0.25, -0.2) is 5.48 Å². The molecule has 0 saturated carbocycles. The number of aromatic nitrogens is 1. The zero-order valence-electron chi connectivity index (χ0n) is 8.38. The Labute approximate surface area is 91.6 Å². The van der Waals surface area contributed by atoms with Crippen LogP contribution in [0.1, 0.15) is 0 Å². The summed E-state index contributed by atoms with van der Waals surface area (Å²) in [5.41, 5.74) is 2.29. The number of amides is 1. The summed E-state index contributed by atoms with van der Waals surface area (Å²) in [6, 6.07) is 9.12. The van der Waals surface area contributed by atoms with Crippen molar-refractivity contribution in [2.75, 3.05) is 6.61 Å². The highest BCUT2D eigenvalue weighted by Gasteiger charge is 2.01. The number of pyridine rings is 1. The van der Waals surface area contributed by atoms with Crippen molar-refractivity contribution < 1.29 is 14.7 Å². The molecule has 1 aromatic heterocycles. The first kappa shape index (κ1) is 10.4. The molecule has 0 spiro atoms. The van der Waals surface area contributed by atoms with E-state index in [9.17, 15) is 4.79 Å². The highest BCUT2D eigenvalue weighted by molar-refractivity contribution is 5.80. The molecule has 1 heterocycles. The van der Waals surface area contributed by atoms with E-state index in [1.807, 2.05) is 18.2 Å². The molecular weight excluding hydrogens is 208 g/mol. The minimum absolute atomic E-state index is 0.227. The highest BCUT2D eigenvalue weighted by Crippen LogP contribution is 2.18. The molecule has 2 rings (SSSR count). The summed E-state index contributed by atoms with van der Waals surface area (Å²) in [5, 5.41) is 9.29. The van der Waals surface area contributed by atoms with E-state index in [2.05, 4.69) is 4.98 Å². The number of benzene rings is 1. The molecule has 1 amide bonds. The summed E-state index contributed by atoms with van der Waals surface area (Å²) in [4.78, 5) is 14.9. The van der Waals surface area contributed by atoms with Gasteiger partial charge in [0.1, 0.15) is 5.75 Å². The van der Waals surface area contributed by atoms with Gasteiger partial charge < -0.3 is 4.74 Å². The van der Waals surface area contributed by atoms with Crippen LogP contribution in [0.4, 0.5) is 0 Å². The first-order valence-corrected chi connectivity index (χ1v) is 4.70. The first-order chi connectivity index (χ1) is 7.79. The van der Waals surface area contributed by atoms with Crippen LogP contribution >= 0.6 is 0 Å². The number of hydroxylamine groups is 1. The number of hydrogen-bond donors (Lipinski definition) is 2. The lowest BCUT2D eigenvalue weighted by Crippen LogP contribution is -2.25. The molecule has 5 heteroatoms. The zero-order valence-corrected chi connectivity index (χ0v) is 8.38. The standard InChI is InChI=1S/C11H10N2O3/c14-11(13-15)7-16-9-4-3-8-2-1-5-12-10(8)6-9/h1-6,15H,7H2,(H,13,14). The van der Waals surface area contributed by atoms with E-state index in [-0.39, 0.29) is 6.61 Å². The Morgan fingerprint density at radius 3 is 3.12 bits per heavy atom. The molecule has 0 unspecified atom stereocenters. The lowest BCUT2D eigenvalue weighted by atomic mass is 10.2. The second kappa shape index (κ2) is 4.59. The van der Waals surface area contributed by atoms with Crippen molar-refractivity contribution in [1.82, 2.24) is 10.5 Å². The highest BCUT2D eigenvalue weighted by atomic mass is 16.5. The van der Waals surface area contributed by atoms with Crippen LogP contribution in [0.25, 0.3) is 10.9 Å². The number of hydrogen-bond acceptors (Lipinski definition) is 4. The quantitative estimate of drug-likeness (QED) is 0.598. The van der Waals surface area contributed by atoms with E-state index in [0.29, 0.717) is 5.75 Å². The number of nitrogens with zero attached hydrogens (tertiary/aromatic N) is 1. The predicted molar refractivity (Wildman–Crippen MR) is 57.2 cm³/mol. The molecular formula is C11H10N2O3. The number of rotatable bonds is 3. The van der Waals surface area contributed by atoms with E-state index >= 15 is 0 Å². The summed E-state index contributed by atoms with van der Waals surface area (Å²) in [7, 11) is 0. The number of fused-ring (bicyclic) bond motifs is 1. The van der Waals surface area contributed by atoms with E-state index in [0.717, 1.165) is 10.9 Å². The predicted octanol–water partition coefficient (Wildman–Crippen LogP) is 1.12. The normalized spacial score (nSPS) is 10.1. The Hall–Kier alpha value is -2.14. The van der Waals surface area contributed by atoms with Crippen molar-refractivity contribution in [2.45, 2.75) is 0 Å². The van der Waals surface area contributed by atoms with Gasteiger partial charge in [-0.15, -0.1) is 0 Å². The molecule has 0 aliphatic heterocycles. The molecule has 0 bridgehead atoms. The van der Waals surface area contributed by atoms with Crippen LogP contribution in [-0.2, 0) is 4.79 Å². The van der Waals surface area contributed by atoms with E-state index in [1.165, 1.54) is 5.48 Å². The van der Waals surface area contributed by atoms with Gasteiger partial charge in [0.15, 0.2) is 6.61 Å². The maximum atomic E-state index is 10.7. The van der Waals surface area contributed by atoms with Gasteiger partial charge in [-0.1, -0.05) is 6.07 Å². The minimum Gasteiger partial charge on any atom is -0.484 e. The lowest BCUT2D eigenvalue weighted by molar-refractivity contribution is -0.131. The molecule has 1 aromatic carbocycles. The van der Waals surface area contributed by atoms with Gasteiger partial charge in [0.25, 0.3) is 5.91 Å². The Morgan fingerprint density at radius 1 is 1.44 bits per heavy atom. The van der Waals surface area contributed by atoms with Crippen LogP contribution in [-0.4, -0.2) is 22.7 Å². The van der Waals surface area contributed by atoms with Gasteiger partial charge in [-0.3, -0.25) is 15.0 Å². The second-order valence-electron chi connectivity index (χ2n) is 3.18. The molecule has 0 fully saturated rings.